The number of amides is 1. The number of ether oxygens (including phenoxy) is 1. The number of nitrogens with one attached hydrogen (secondary N) is 1. The molecule has 0 aromatic heterocycles. The average molecular weight is 413 g/mol. The number of para-hydroxylation sites is 1. The van der Waals surface area contributed by atoms with Crippen LogP contribution in [0.3, 0.4) is 0 Å². The minimum Gasteiger partial charge on any atom is -0.380 e. The predicted octanol–water partition coefficient (Wildman–Crippen LogP) is 3.45. The van der Waals surface area contributed by atoms with Crippen LogP contribution >= 0.6 is 0 Å². The molecule has 0 bridgehead atoms. The highest BCUT2D eigenvalue weighted by molar-refractivity contribution is 6.25. The number of halogens is 2. The molecule has 0 saturated carbocycles. The van der Waals surface area contributed by atoms with E-state index in [1.807, 2.05) is 11.8 Å². The normalized spacial score (nSPS) is 15.4. The number of rotatable bonds is 6. The highest BCUT2D eigenvalue weighted by Gasteiger charge is 2.41. The lowest BCUT2D eigenvalue weighted by atomic mass is 10.0. The van der Waals surface area contributed by atoms with Crippen molar-refractivity contribution < 1.29 is 23.1 Å². The van der Waals surface area contributed by atoms with Gasteiger partial charge in [-0.2, -0.15) is 0 Å². The number of Topliss-reactive ketones (excluding diaryl/α,β-unsaturated/α-hetero) is 1. The lowest BCUT2D eigenvalue weighted by Gasteiger charge is -2.31. The van der Waals surface area contributed by atoms with E-state index in [4.69, 9.17) is 4.74 Å². The van der Waals surface area contributed by atoms with Gasteiger partial charge in [0.25, 0.3) is 5.91 Å². The Balaban J connectivity index is 1.78. The van der Waals surface area contributed by atoms with Crippen LogP contribution in [0.25, 0.3) is 0 Å². The van der Waals surface area contributed by atoms with E-state index in [1.165, 1.54) is 30.3 Å². The van der Waals surface area contributed by atoms with Gasteiger partial charge in [0.05, 0.1) is 23.7 Å². The largest absolute Gasteiger partial charge is 0.380 e. The van der Waals surface area contributed by atoms with E-state index < -0.39 is 17.5 Å². The third-order valence-corrected chi connectivity index (χ3v) is 5.11. The molecule has 0 radical (unpaired) electrons. The molecule has 8 heteroatoms. The molecule has 1 amide bonds. The van der Waals surface area contributed by atoms with Crippen molar-refractivity contribution in [2.45, 2.75) is 13.3 Å². The van der Waals surface area contributed by atoms with Gasteiger partial charge in [-0.1, -0.05) is 12.1 Å². The topological polar surface area (TPSA) is 61.9 Å². The van der Waals surface area contributed by atoms with Crippen LogP contribution in [-0.4, -0.2) is 38.0 Å². The average Bonchev–Trinajstić information content (AvgIpc) is 3.02. The number of nitrogens with zero attached hydrogens (tertiary/aromatic N) is 2. The first-order valence-corrected chi connectivity index (χ1v) is 9.77. The molecule has 0 spiro atoms. The second-order valence-electron chi connectivity index (χ2n) is 6.94. The summed E-state index contributed by atoms with van der Waals surface area (Å²) in [6.45, 7) is 3.40. The van der Waals surface area contributed by atoms with E-state index in [9.17, 15) is 18.4 Å². The Hall–Kier alpha value is -3.26. The van der Waals surface area contributed by atoms with Crippen LogP contribution in [0.15, 0.2) is 53.9 Å². The van der Waals surface area contributed by atoms with Crippen molar-refractivity contribution in [1.29, 1.82) is 0 Å². The summed E-state index contributed by atoms with van der Waals surface area (Å²) in [6, 6.07) is 10.1. The quantitative estimate of drug-likeness (QED) is 0.581. The molecule has 6 nitrogen and oxygen atoms in total. The summed E-state index contributed by atoms with van der Waals surface area (Å²) in [4.78, 5) is 29.4. The molecule has 0 aliphatic carbocycles. The Morgan fingerprint density at radius 2 is 1.97 bits per heavy atom. The minimum atomic E-state index is -0.695. The molecule has 0 saturated heterocycles. The van der Waals surface area contributed by atoms with E-state index in [1.54, 1.807) is 17.0 Å². The van der Waals surface area contributed by atoms with E-state index in [2.05, 4.69) is 5.32 Å². The molecule has 0 atom stereocenters. The zero-order valence-electron chi connectivity index (χ0n) is 16.5. The van der Waals surface area contributed by atoms with Crippen molar-refractivity contribution in [1.82, 2.24) is 0 Å². The number of hydrogen-bond acceptors (Lipinski definition) is 5. The monoisotopic (exact) mass is 413 g/mol. The van der Waals surface area contributed by atoms with Gasteiger partial charge in [-0.05, 0) is 37.3 Å². The Morgan fingerprint density at radius 3 is 2.73 bits per heavy atom. The first-order chi connectivity index (χ1) is 14.5. The molecular formula is C22H21F2N3O3. The zero-order valence-corrected chi connectivity index (χ0v) is 16.5. The number of carbonyl (C=O) groups is 2. The van der Waals surface area contributed by atoms with Crippen LogP contribution in [0.4, 0.5) is 25.8 Å². The lowest BCUT2D eigenvalue weighted by Crippen LogP contribution is -2.41. The number of hydrogen-bond donors (Lipinski definition) is 1. The van der Waals surface area contributed by atoms with Crippen molar-refractivity contribution in [3.05, 3.63) is 65.5 Å². The van der Waals surface area contributed by atoms with Crippen molar-refractivity contribution in [3.63, 3.8) is 0 Å². The number of ketones is 1. The maximum absolute atomic E-state index is 14.0. The first kappa shape index (κ1) is 20.0. The molecule has 2 heterocycles. The second kappa shape index (κ2) is 8.23. The highest BCUT2D eigenvalue weighted by atomic mass is 19.1. The van der Waals surface area contributed by atoms with Crippen LogP contribution < -0.4 is 15.1 Å². The van der Waals surface area contributed by atoms with Crippen LogP contribution in [0.1, 0.15) is 13.3 Å². The van der Waals surface area contributed by atoms with E-state index >= 15 is 0 Å². The summed E-state index contributed by atoms with van der Waals surface area (Å²) in [5.74, 6) is -1.68. The summed E-state index contributed by atoms with van der Waals surface area (Å²) in [5, 5.41) is 2.50. The third kappa shape index (κ3) is 3.54. The zero-order chi connectivity index (χ0) is 21.3. The molecule has 4 rings (SSSR count). The van der Waals surface area contributed by atoms with E-state index in [-0.39, 0.29) is 23.5 Å². The van der Waals surface area contributed by atoms with Gasteiger partial charge in [-0.15, -0.1) is 0 Å². The number of carbonyl (C=O) groups excluding carboxylic acids is 2. The van der Waals surface area contributed by atoms with Gasteiger partial charge in [0.15, 0.2) is 5.78 Å². The summed E-state index contributed by atoms with van der Waals surface area (Å²) in [6.07, 6.45) is 0.125. The molecule has 0 unspecified atom stereocenters. The molecule has 2 aliphatic heterocycles. The van der Waals surface area contributed by atoms with Crippen molar-refractivity contribution in [3.8, 4) is 0 Å². The van der Waals surface area contributed by atoms with Gasteiger partial charge in [0.1, 0.15) is 23.0 Å². The van der Waals surface area contributed by atoms with Crippen LogP contribution in [-0.2, 0) is 14.3 Å². The molecule has 2 aromatic carbocycles. The maximum Gasteiger partial charge on any atom is 0.263 e. The maximum atomic E-state index is 14.0. The molecule has 2 aliphatic rings. The number of anilines is 3. The third-order valence-electron chi connectivity index (χ3n) is 5.11. The molecule has 0 fully saturated rings. The molecule has 1 N–H and O–H groups in total. The molecule has 156 valence electrons. The summed E-state index contributed by atoms with van der Waals surface area (Å²) in [5.41, 5.74) is 1.20. The molecule has 30 heavy (non-hydrogen) atoms. The van der Waals surface area contributed by atoms with E-state index in [0.717, 1.165) is 0 Å². The summed E-state index contributed by atoms with van der Waals surface area (Å²) in [7, 11) is 0. The predicted molar refractivity (Wildman–Crippen MR) is 109 cm³/mol. The Labute approximate surface area is 172 Å². The van der Waals surface area contributed by atoms with Gasteiger partial charge in [-0.3, -0.25) is 9.59 Å². The van der Waals surface area contributed by atoms with Gasteiger partial charge in [0.2, 0.25) is 0 Å². The second-order valence-corrected chi connectivity index (χ2v) is 6.94. The highest BCUT2D eigenvalue weighted by Crippen LogP contribution is 2.45. The Morgan fingerprint density at radius 1 is 1.17 bits per heavy atom. The molecular weight excluding hydrogens is 392 g/mol. The lowest BCUT2D eigenvalue weighted by molar-refractivity contribution is -0.120. The van der Waals surface area contributed by atoms with Gasteiger partial charge >= 0.3 is 0 Å². The van der Waals surface area contributed by atoms with Gasteiger partial charge < -0.3 is 19.9 Å². The molecule has 2 aromatic rings. The Bertz CT molecular complexity index is 1040. The number of fused-ring (bicyclic) bond motifs is 3. The fraction of sp³-hybridized carbons (Fsp3) is 0.273. The fourth-order valence-electron chi connectivity index (χ4n) is 3.78. The van der Waals surface area contributed by atoms with Crippen molar-refractivity contribution in [2.24, 2.45) is 0 Å². The SMILES string of the molecule is CCOCCN1C2=C(C(=O)Nc3ccccc3F)C(=O)CCN2c2ccc(F)cc21. The van der Waals surface area contributed by atoms with Crippen molar-refractivity contribution >= 4 is 28.8 Å². The van der Waals surface area contributed by atoms with Gasteiger partial charge in [-0.25, -0.2) is 8.78 Å². The smallest absolute Gasteiger partial charge is 0.263 e. The standard InChI is InChI=1S/C22H21F2N3O3/c1-2-30-12-11-27-18-13-14(23)7-8-17(18)26-10-9-19(28)20(22(26)27)21(29)25-16-6-4-3-5-15(16)24/h3-8,13H,2,9-12H2,1H3,(H,25,29). The van der Waals surface area contributed by atoms with Crippen molar-refractivity contribution in [2.75, 3.05) is 41.4 Å². The van der Waals surface area contributed by atoms with Gasteiger partial charge in [0, 0.05) is 26.1 Å². The summed E-state index contributed by atoms with van der Waals surface area (Å²) >= 11 is 0. The van der Waals surface area contributed by atoms with E-state index in [0.29, 0.717) is 43.5 Å². The van der Waals surface area contributed by atoms with Crippen LogP contribution in [0.5, 0.6) is 0 Å². The minimum absolute atomic E-state index is 0.0112. The van der Waals surface area contributed by atoms with Crippen LogP contribution in [0.2, 0.25) is 0 Å². The van der Waals surface area contributed by atoms with Crippen LogP contribution in [0, 0.1) is 11.6 Å². The fourth-order valence-corrected chi connectivity index (χ4v) is 3.78. The summed E-state index contributed by atoms with van der Waals surface area (Å²) < 4.78 is 33.5. The number of benzene rings is 2. The first-order valence-electron chi connectivity index (χ1n) is 9.77. The Kier molecular flexibility index (Phi) is 5.50.